The molecule has 8 heteroatoms. The van der Waals surface area contributed by atoms with E-state index in [0.29, 0.717) is 12.3 Å². The van der Waals surface area contributed by atoms with E-state index in [1.165, 1.54) is 13.8 Å². The molecule has 0 atom stereocenters. The number of fused-ring (bicyclic) bond motifs is 1. The van der Waals surface area contributed by atoms with Crippen LogP contribution in [0.2, 0.25) is 0 Å². The van der Waals surface area contributed by atoms with Gasteiger partial charge in [0.05, 0.1) is 6.26 Å². The van der Waals surface area contributed by atoms with Crippen LogP contribution in [0, 0.1) is 0 Å². The van der Waals surface area contributed by atoms with Crippen LogP contribution in [0.1, 0.15) is 19.4 Å². The first-order valence-electron chi connectivity index (χ1n) is 9.20. The van der Waals surface area contributed by atoms with Crippen molar-refractivity contribution in [1.82, 2.24) is 0 Å². The van der Waals surface area contributed by atoms with Gasteiger partial charge in [-0.1, -0.05) is 18.2 Å². The van der Waals surface area contributed by atoms with Gasteiger partial charge in [-0.05, 0) is 72.6 Å². The molecule has 30 heavy (non-hydrogen) atoms. The highest BCUT2D eigenvalue weighted by Crippen LogP contribution is 2.24. The zero-order valence-corrected chi connectivity index (χ0v) is 17.7. The molecule has 0 aliphatic rings. The monoisotopic (exact) mass is 429 g/mol. The summed E-state index contributed by atoms with van der Waals surface area (Å²) in [5.74, 6) is -0.272. The van der Waals surface area contributed by atoms with Crippen LogP contribution >= 0.6 is 0 Å². The van der Waals surface area contributed by atoms with Gasteiger partial charge in [0.1, 0.15) is 11.5 Å². The van der Waals surface area contributed by atoms with Crippen molar-refractivity contribution in [2.75, 3.05) is 11.6 Å². The molecule has 2 N–H and O–H groups in total. The SMILES string of the molecule is CC(C)(Oc1ccc(NCc2ccc3cc(OS(C)(=O)=O)ccc3c2)cc1)C(=O)O. The van der Waals surface area contributed by atoms with Crippen LogP contribution in [-0.2, 0) is 21.5 Å². The molecular formula is C22H23NO6S. The molecule has 0 heterocycles. The molecule has 0 saturated carbocycles. The number of hydrogen-bond acceptors (Lipinski definition) is 6. The fourth-order valence-corrected chi connectivity index (χ4v) is 3.25. The van der Waals surface area contributed by atoms with Crippen LogP contribution in [0.5, 0.6) is 11.5 Å². The molecule has 0 aliphatic carbocycles. The standard InChI is InChI=1S/C22H23NO6S/c1-22(2,21(24)25)28-19-10-7-18(8-11-19)23-14-15-4-5-17-13-20(29-30(3,26)27)9-6-16(17)12-15/h4-13,23H,14H2,1-3H3,(H,24,25). The van der Waals surface area contributed by atoms with Gasteiger partial charge in [0.15, 0.2) is 5.60 Å². The molecule has 0 bridgehead atoms. The van der Waals surface area contributed by atoms with E-state index in [4.69, 9.17) is 14.0 Å². The van der Waals surface area contributed by atoms with E-state index < -0.39 is 21.7 Å². The minimum atomic E-state index is -3.56. The molecule has 158 valence electrons. The molecule has 0 aliphatic heterocycles. The van der Waals surface area contributed by atoms with Gasteiger partial charge in [-0.15, -0.1) is 0 Å². The summed E-state index contributed by atoms with van der Waals surface area (Å²) in [6, 6.07) is 18.1. The lowest BCUT2D eigenvalue weighted by atomic mass is 10.1. The predicted octanol–water partition coefficient (Wildman–Crippen LogP) is 4.03. The van der Waals surface area contributed by atoms with Gasteiger partial charge < -0.3 is 19.3 Å². The molecule has 3 rings (SSSR count). The molecule has 0 amide bonds. The van der Waals surface area contributed by atoms with Gasteiger partial charge in [0, 0.05) is 12.2 Å². The second-order valence-corrected chi connectivity index (χ2v) is 9.00. The first-order chi connectivity index (χ1) is 14.0. The van der Waals surface area contributed by atoms with E-state index >= 15 is 0 Å². The Hall–Kier alpha value is -3.26. The molecule has 7 nitrogen and oxygen atoms in total. The second kappa shape index (κ2) is 8.23. The van der Waals surface area contributed by atoms with E-state index in [1.54, 1.807) is 24.3 Å². The Morgan fingerprint density at radius 1 is 0.967 bits per heavy atom. The van der Waals surface area contributed by atoms with E-state index in [0.717, 1.165) is 28.3 Å². The molecular weight excluding hydrogens is 406 g/mol. The Kier molecular flexibility index (Phi) is 5.89. The lowest BCUT2D eigenvalue weighted by Crippen LogP contribution is -2.37. The van der Waals surface area contributed by atoms with Gasteiger partial charge in [-0.3, -0.25) is 0 Å². The maximum Gasteiger partial charge on any atom is 0.347 e. The topological polar surface area (TPSA) is 102 Å². The largest absolute Gasteiger partial charge is 0.478 e. The molecule has 0 fully saturated rings. The zero-order valence-electron chi connectivity index (χ0n) is 16.9. The summed E-state index contributed by atoms with van der Waals surface area (Å²) in [6.07, 6.45) is 1.01. The number of aliphatic carboxylic acids is 1. The fourth-order valence-electron chi connectivity index (χ4n) is 2.79. The number of carboxylic acids is 1. The maximum atomic E-state index is 11.3. The summed E-state index contributed by atoms with van der Waals surface area (Å²) < 4.78 is 32.9. The highest BCUT2D eigenvalue weighted by atomic mass is 32.2. The van der Waals surface area contributed by atoms with Crippen LogP contribution in [0.4, 0.5) is 5.69 Å². The van der Waals surface area contributed by atoms with Crippen molar-refractivity contribution < 1.29 is 27.2 Å². The smallest absolute Gasteiger partial charge is 0.347 e. The van der Waals surface area contributed by atoms with Crippen LogP contribution in [0.15, 0.2) is 60.7 Å². The van der Waals surface area contributed by atoms with Crippen molar-refractivity contribution in [1.29, 1.82) is 0 Å². The van der Waals surface area contributed by atoms with Crippen LogP contribution in [0.3, 0.4) is 0 Å². The minimum Gasteiger partial charge on any atom is -0.478 e. The number of benzene rings is 3. The van der Waals surface area contributed by atoms with E-state index in [-0.39, 0.29) is 5.75 Å². The molecule has 0 aromatic heterocycles. The highest BCUT2D eigenvalue weighted by molar-refractivity contribution is 7.86. The molecule has 3 aromatic rings. The van der Waals surface area contributed by atoms with Crippen molar-refractivity contribution in [3.05, 3.63) is 66.2 Å². The predicted molar refractivity (Wildman–Crippen MR) is 116 cm³/mol. The van der Waals surface area contributed by atoms with Crippen molar-refractivity contribution in [3.63, 3.8) is 0 Å². The van der Waals surface area contributed by atoms with Gasteiger partial charge in [-0.25, -0.2) is 4.79 Å². The quantitative estimate of drug-likeness (QED) is 0.521. The van der Waals surface area contributed by atoms with Crippen molar-refractivity contribution in [3.8, 4) is 11.5 Å². The van der Waals surface area contributed by atoms with Crippen LogP contribution in [-0.4, -0.2) is 31.4 Å². The third-order valence-electron chi connectivity index (χ3n) is 4.36. The lowest BCUT2D eigenvalue weighted by Gasteiger charge is -2.21. The Bertz CT molecular complexity index is 1170. The van der Waals surface area contributed by atoms with Crippen LogP contribution < -0.4 is 14.2 Å². The molecule has 0 spiro atoms. The Morgan fingerprint density at radius 2 is 1.57 bits per heavy atom. The maximum absolute atomic E-state index is 11.3. The molecule has 0 saturated heterocycles. The van der Waals surface area contributed by atoms with E-state index in [9.17, 15) is 13.2 Å². The first kappa shape index (κ1) is 21.4. The zero-order chi connectivity index (χ0) is 21.9. The highest BCUT2D eigenvalue weighted by Gasteiger charge is 2.29. The summed E-state index contributed by atoms with van der Waals surface area (Å²) in [5.41, 5.74) is 0.616. The average Bonchev–Trinajstić information content (AvgIpc) is 2.66. The first-order valence-corrected chi connectivity index (χ1v) is 11.0. The van der Waals surface area contributed by atoms with E-state index in [2.05, 4.69) is 5.32 Å². The summed E-state index contributed by atoms with van der Waals surface area (Å²) in [7, 11) is -3.56. The molecule has 0 radical (unpaired) electrons. The third kappa shape index (κ3) is 5.64. The number of nitrogens with one attached hydrogen (secondary N) is 1. The van der Waals surface area contributed by atoms with E-state index in [1.807, 2.05) is 36.4 Å². The summed E-state index contributed by atoms with van der Waals surface area (Å²) in [4.78, 5) is 11.2. The third-order valence-corrected chi connectivity index (χ3v) is 4.86. The van der Waals surface area contributed by atoms with Crippen molar-refractivity contribution in [2.24, 2.45) is 0 Å². The molecule has 0 unspecified atom stereocenters. The lowest BCUT2D eigenvalue weighted by molar-refractivity contribution is -0.152. The number of carbonyl (C=O) groups is 1. The average molecular weight is 429 g/mol. The number of anilines is 1. The van der Waals surface area contributed by atoms with Crippen molar-refractivity contribution >= 4 is 32.5 Å². The Balaban J connectivity index is 1.65. The molecule has 3 aromatic carbocycles. The minimum absolute atomic E-state index is 0.282. The van der Waals surface area contributed by atoms with Crippen molar-refractivity contribution in [2.45, 2.75) is 26.0 Å². The summed E-state index contributed by atoms with van der Waals surface area (Å²) in [6.45, 7) is 3.58. The Labute approximate surface area is 175 Å². The Morgan fingerprint density at radius 3 is 2.20 bits per heavy atom. The number of rotatable bonds is 8. The second-order valence-electron chi connectivity index (χ2n) is 7.43. The van der Waals surface area contributed by atoms with Gasteiger partial charge in [-0.2, -0.15) is 8.42 Å². The number of ether oxygens (including phenoxy) is 1. The number of carboxylic acid groups (broad SMARTS) is 1. The van der Waals surface area contributed by atoms with Gasteiger partial charge >= 0.3 is 16.1 Å². The summed E-state index contributed by atoms with van der Waals surface area (Å²) in [5, 5.41) is 14.3. The van der Waals surface area contributed by atoms with Crippen LogP contribution in [0.25, 0.3) is 10.8 Å². The van der Waals surface area contributed by atoms with Gasteiger partial charge in [0.2, 0.25) is 0 Å². The summed E-state index contributed by atoms with van der Waals surface area (Å²) >= 11 is 0. The fraction of sp³-hybridized carbons (Fsp3) is 0.227. The number of hydrogen-bond donors (Lipinski definition) is 2. The van der Waals surface area contributed by atoms with Gasteiger partial charge in [0.25, 0.3) is 0 Å². The normalized spacial score (nSPS) is 11.8.